The molecule has 1 aromatic heterocycles. The predicted molar refractivity (Wildman–Crippen MR) is 115 cm³/mol. The number of halogens is 2. The van der Waals surface area contributed by atoms with Crippen LogP contribution < -0.4 is 5.32 Å². The first kappa shape index (κ1) is 21.4. The topological polar surface area (TPSA) is 114 Å². The van der Waals surface area contributed by atoms with E-state index in [9.17, 15) is 19.7 Å². The Labute approximate surface area is 180 Å². The summed E-state index contributed by atoms with van der Waals surface area (Å²) in [5, 5.41) is 14.7. The number of nitrogens with zero attached hydrogens (tertiary/aromatic N) is 1. The molecule has 0 aliphatic heterocycles. The monoisotopic (exact) mass is 447 g/mol. The Kier molecular flexibility index (Phi) is 6.39. The van der Waals surface area contributed by atoms with E-state index in [4.69, 9.17) is 27.9 Å². The van der Waals surface area contributed by atoms with Crippen molar-refractivity contribution in [3.63, 3.8) is 0 Å². The number of carbonyl (C=O) groups excluding carboxylic acids is 2. The van der Waals surface area contributed by atoms with Gasteiger partial charge < -0.3 is 15.0 Å². The van der Waals surface area contributed by atoms with E-state index < -0.39 is 16.8 Å². The van der Waals surface area contributed by atoms with E-state index in [0.717, 1.165) is 6.08 Å². The molecule has 2 N–H and O–H groups in total. The van der Waals surface area contributed by atoms with Gasteiger partial charge in [0.05, 0.1) is 16.6 Å². The summed E-state index contributed by atoms with van der Waals surface area (Å²) in [5.41, 5.74) is 0.741. The van der Waals surface area contributed by atoms with E-state index in [2.05, 4.69) is 10.3 Å². The number of aromatic nitrogens is 1. The summed E-state index contributed by atoms with van der Waals surface area (Å²) >= 11 is 12.3. The van der Waals surface area contributed by atoms with E-state index in [1.807, 2.05) is 0 Å². The molecular weight excluding hydrogens is 433 g/mol. The summed E-state index contributed by atoms with van der Waals surface area (Å²) in [6.07, 6.45) is 2.53. The summed E-state index contributed by atoms with van der Waals surface area (Å²) in [5.74, 6) is -1.25. The third-order valence-corrected chi connectivity index (χ3v) is 4.61. The van der Waals surface area contributed by atoms with Crippen LogP contribution in [0, 0.1) is 10.1 Å². The van der Waals surface area contributed by atoms with Crippen LogP contribution in [0.3, 0.4) is 0 Å². The summed E-state index contributed by atoms with van der Waals surface area (Å²) in [6, 6.07) is 8.86. The standard InChI is InChI=1S/C20H15Cl2N3O5/c1-2-30-20(27)19-12(18-13(22)9-11(21)10-15(18)24-19)7-8-17(26)23-14-5-3-4-6-16(14)25(28)29/h3-10,24H,2H2,1H3,(H,23,26)/b8-7+. The van der Waals surface area contributed by atoms with Crippen LogP contribution in [0.2, 0.25) is 10.0 Å². The van der Waals surface area contributed by atoms with Gasteiger partial charge in [0.25, 0.3) is 5.69 Å². The van der Waals surface area contributed by atoms with Crippen LogP contribution in [0.25, 0.3) is 17.0 Å². The molecular formula is C20H15Cl2N3O5. The third kappa shape index (κ3) is 4.45. The molecule has 0 aliphatic carbocycles. The van der Waals surface area contributed by atoms with Gasteiger partial charge in [-0.1, -0.05) is 35.3 Å². The minimum Gasteiger partial charge on any atom is -0.461 e. The molecule has 0 bridgehead atoms. The number of H-pyrrole nitrogens is 1. The largest absolute Gasteiger partial charge is 0.461 e. The van der Waals surface area contributed by atoms with Crippen LogP contribution in [0.4, 0.5) is 11.4 Å². The number of hydrogen-bond donors (Lipinski definition) is 2. The van der Waals surface area contributed by atoms with Crippen molar-refractivity contribution in [1.29, 1.82) is 0 Å². The van der Waals surface area contributed by atoms with Crippen molar-refractivity contribution in [2.24, 2.45) is 0 Å². The van der Waals surface area contributed by atoms with Crippen LogP contribution in [0.15, 0.2) is 42.5 Å². The molecule has 0 spiro atoms. The predicted octanol–water partition coefficient (Wildman–Crippen LogP) is 5.21. The lowest BCUT2D eigenvalue weighted by atomic mass is 10.1. The van der Waals surface area contributed by atoms with Gasteiger partial charge in [0.2, 0.25) is 5.91 Å². The number of anilines is 1. The summed E-state index contributed by atoms with van der Waals surface area (Å²) in [6.45, 7) is 1.82. The molecule has 30 heavy (non-hydrogen) atoms. The number of benzene rings is 2. The van der Waals surface area contributed by atoms with Crippen LogP contribution in [0.5, 0.6) is 0 Å². The molecule has 0 fully saturated rings. The van der Waals surface area contributed by atoms with Gasteiger partial charge >= 0.3 is 5.97 Å². The number of hydrogen-bond acceptors (Lipinski definition) is 5. The van der Waals surface area contributed by atoms with Crippen molar-refractivity contribution >= 4 is 63.4 Å². The lowest BCUT2D eigenvalue weighted by molar-refractivity contribution is -0.383. The molecule has 1 heterocycles. The first-order chi connectivity index (χ1) is 14.3. The lowest BCUT2D eigenvalue weighted by Crippen LogP contribution is -2.10. The second-order valence-electron chi connectivity index (χ2n) is 6.04. The third-order valence-electron chi connectivity index (χ3n) is 4.09. The van der Waals surface area contributed by atoms with Gasteiger partial charge in [-0.3, -0.25) is 14.9 Å². The van der Waals surface area contributed by atoms with Gasteiger partial charge in [0.15, 0.2) is 0 Å². The highest BCUT2D eigenvalue weighted by atomic mass is 35.5. The average Bonchev–Trinajstić information content (AvgIpc) is 3.05. The molecule has 1 amide bonds. The normalized spacial score (nSPS) is 11.0. The number of amides is 1. The van der Waals surface area contributed by atoms with Gasteiger partial charge in [-0.15, -0.1) is 0 Å². The Balaban J connectivity index is 1.99. The summed E-state index contributed by atoms with van der Waals surface area (Å²) < 4.78 is 5.06. The highest BCUT2D eigenvalue weighted by molar-refractivity contribution is 6.39. The van der Waals surface area contributed by atoms with Crippen molar-refractivity contribution in [3.05, 3.63) is 73.9 Å². The number of nitro benzene ring substituents is 1. The fraction of sp³-hybridized carbons (Fsp3) is 0.100. The lowest BCUT2D eigenvalue weighted by Gasteiger charge is -2.04. The number of ether oxygens (including phenoxy) is 1. The fourth-order valence-corrected chi connectivity index (χ4v) is 3.47. The van der Waals surface area contributed by atoms with Crippen molar-refractivity contribution in [3.8, 4) is 0 Å². The highest BCUT2D eigenvalue weighted by Gasteiger charge is 2.20. The van der Waals surface area contributed by atoms with Crippen LogP contribution in [-0.4, -0.2) is 28.4 Å². The zero-order valence-electron chi connectivity index (χ0n) is 15.6. The fourth-order valence-electron chi connectivity index (χ4n) is 2.88. The van der Waals surface area contributed by atoms with Crippen LogP contribution in [0.1, 0.15) is 23.0 Å². The maximum Gasteiger partial charge on any atom is 0.355 e. The zero-order chi connectivity index (χ0) is 21.8. The number of fused-ring (bicyclic) bond motifs is 1. The highest BCUT2D eigenvalue weighted by Crippen LogP contribution is 2.33. The Hall–Kier alpha value is -3.36. The molecule has 0 unspecified atom stereocenters. The number of nitro groups is 1. The molecule has 0 radical (unpaired) electrons. The minimum atomic E-state index is -0.626. The second kappa shape index (κ2) is 8.98. The Morgan fingerprint density at radius 2 is 2.00 bits per heavy atom. The van der Waals surface area contributed by atoms with E-state index in [-0.39, 0.29) is 28.7 Å². The van der Waals surface area contributed by atoms with Gasteiger partial charge in [-0.2, -0.15) is 0 Å². The van der Waals surface area contributed by atoms with Gasteiger partial charge in [-0.25, -0.2) is 4.79 Å². The minimum absolute atomic E-state index is 0.0477. The Morgan fingerprint density at radius 1 is 1.27 bits per heavy atom. The van der Waals surface area contributed by atoms with Crippen LogP contribution in [-0.2, 0) is 9.53 Å². The average molecular weight is 448 g/mol. The van der Waals surface area contributed by atoms with Crippen molar-refractivity contribution in [2.45, 2.75) is 6.92 Å². The molecule has 0 atom stereocenters. The summed E-state index contributed by atoms with van der Waals surface area (Å²) in [4.78, 5) is 38.1. The van der Waals surface area contributed by atoms with Crippen molar-refractivity contribution in [2.75, 3.05) is 11.9 Å². The first-order valence-electron chi connectivity index (χ1n) is 8.72. The van der Waals surface area contributed by atoms with Gasteiger partial charge in [-0.05, 0) is 31.2 Å². The molecule has 0 saturated carbocycles. The quantitative estimate of drug-likeness (QED) is 0.233. The molecule has 8 nitrogen and oxygen atoms in total. The van der Waals surface area contributed by atoms with Gasteiger partial charge in [0, 0.05) is 33.6 Å². The van der Waals surface area contributed by atoms with Crippen LogP contribution >= 0.6 is 23.2 Å². The molecule has 2 aromatic carbocycles. The van der Waals surface area contributed by atoms with Gasteiger partial charge in [0.1, 0.15) is 11.4 Å². The van der Waals surface area contributed by atoms with E-state index in [1.165, 1.54) is 30.3 Å². The number of nitrogens with one attached hydrogen (secondary N) is 2. The number of para-hydroxylation sites is 2. The molecule has 10 heteroatoms. The Bertz CT molecular complexity index is 1190. The van der Waals surface area contributed by atoms with E-state index in [0.29, 0.717) is 21.5 Å². The molecule has 3 aromatic rings. The maximum absolute atomic E-state index is 12.4. The maximum atomic E-state index is 12.4. The summed E-state index contributed by atoms with van der Waals surface area (Å²) in [7, 11) is 0. The Morgan fingerprint density at radius 3 is 2.70 bits per heavy atom. The zero-order valence-corrected chi connectivity index (χ0v) is 17.1. The van der Waals surface area contributed by atoms with Crippen molar-refractivity contribution in [1.82, 2.24) is 4.98 Å². The SMILES string of the molecule is CCOC(=O)c1[nH]c2cc(Cl)cc(Cl)c2c1/C=C/C(=O)Nc1ccccc1[N+](=O)[O-]. The second-order valence-corrected chi connectivity index (χ2v) is 6.88. The number of rotatable bonds is 6. The van der Waals surface area contributed by atoms with E-state index >= 15 is 0 Å². The molecule has 3 rings (SSSR count). The number of aromatic amines is 1. The molecule has 154 valence electrons. The number of carbonyl (C=O) groups is 2. The van der Waals surface area contributed by atoms with Crippen molar-refractivity contribution < 1.29 is 19.2 Å². The van der Waals surface area contributed by atoms with E-state index in [1.54, 1.807) is 19.1 Å². The number of esters is 1. The molecule has 0 aliphatic rings. The smallest absolute Gasteiger partial charge is 0.355 e. The molecule has 0 saturated heterocycles. The first-order valence-corrected chi connectivity index (χ1v) is 9.47.